The largest absolute Gasteiger partial charge is 0.383 e. The number of nitrogens with two attached hydrogens (primary N) is 1. The first-order valence-electron chi connectivity index (χ1n) is 8.61. The topological polar surface area (TPSA) is 90.1 Å². The zero-order chi connectivity index (χ0) is 19.0. The van der Waals surface area contributed by atoms with E-state index >= 15 is 0 Å². The lowest BCUT2D eigenvalue weighted by Gasteiger charge is -2.30. The van der Waals surface area contributed by atoms with Gasteiger partial charge in [0.25, 0.3) is 0 Å². The van der Waals surface area contributed by atoms with Crippen molar-refractivity contribution in [3.8, 4) is 0 Å². The van der Waals surface area contributed by atoms with Gasteiger partial charge in [-0.05, 0) is 31.5 Å². The molecule has 0 saturated heterocycles. The first-order chi connectivity index (χ1) is 12.9. The fourth-order valence-corrected chi connectivity index (χ4v) is 4.89. The number of carbonyl (C=O) groups excluding carboxylic acids is 1. The van der Waals surface area contributed by atoms with Crippen molar-refractivity contribution in [2.45, 2.75) is 37.6 Å². The highest BCUT2D eigenvalue weighted by Gasteiger charge is 2.30. The molecule has 3 aromatic rings. The number of ether oxygens (including phenoxy) is 1. The highest BCUT2D eigenvalue weighted by atomic mass is 32.2. The predicted molar refractivity (Wildman–Crippen MR) is 110 cm³/mol. The van der Waals surface area contributed by atoms with E-state index in [-0.39, 0.29) is 17.3 Å². The number of aromatic nitrogens is 2. The van der Waals surface area contributed by atoms with Crippen molar-refractivity contribution in [2.24, 2.45) is 0 Å². The first kappa shape index (κ1) is 18.2. The summed E-state index contributed by atoms with van der Waals surface area (Å²) in [5.74, 6) is 0.594. The van der Waals surface area contributed by atoms with E-state index in [4.69, 9.17) is 10.5 Å². The van der Waals surface area contributed by atoms with Crippen LogP contribution in [0.5, 0.6) is 0 Å². The van der Waals surface area contributed by atoms with Crippen molar-refractivity contribution in [3.05, 3.63) is 40.8 Å². The fraction of sp³-hybridized carbons (Fsp3) is 0.316. The molecule has 1 aromatic carbocycles. The summed E-state index contributed by atoms with van der Waals surface area (Å²) in [7, 11) is 0. The number of thioether (sulfide) groups is 1. The maximum Gasteiger partial charge on any atom is 0.234 e. The quantitative estimate of drug-likeness (QED) is 0.511. The fourth-order valence-electron chi connectivity index (χ4n) is 3.07. The molecule has 0 spiro atoms. The van der Waals surface area contributed by atoms with Gasteiger partial charge in [-0.25, -0.2) is 9.97 Å². The van der Waals surface area contributed by atoms with Crippen LogP contribution in [0.25, 0.3) is 10.2 Å². The van der Waals surface area contributed by atoms with Gasteiger partial charge in [0, 0.05) is 17.0 Å². The van der Waals surface area contributed by atoms with Gasteiger partial charge in [-0.1, -0.05) is 30.0 Å². The lowest BCUT2D eigenvalue weighted by molar-refractivity contribution is -0.113. The van der Waals surface area contributed by atoms with Gasteiger partial charge in [-0.2, -0.15) is 0 Å². The van der Waals surface area contributed by atoms with Crippen LogP contribution >= 0.6 is 23.1 Å². The molecule has 2 aromatic heterocycles. The van der Waals surface area contributed by atoms with Crippen LogP contribution in [0.3, 0.4) is 0 Å². The Bertz CT molecular complexity index is 1000. The molecule has 1 aliphatic rings. The van der Waals surface area contributed by atoms with Gasteiger partial charge in [0.1, 0.15) is 10.6 Å². The lowest BCUT2D eigenvalue weighted by Crippen LogP contribution is -2.31. The third-order valence-corrected chi connectivity index (χ3v) is 6.27. The number of thiophene rings is 1. The van der Waals surface area contributed by atoms with Crippen LogP contribution < -0.4 is 11.1 Å². The van der Waals surface area contributed by atoms with E-state index in [9.17, 15) is 4.79 Å². The molecule has 0 atom stereocenters. The van der Waals surface area contributed by atoms with Gasteiger partial charge in [0.15, 0.2) is 5.16 Å². The number of para-hydroxylation sites is 1. The van der Waals surface area contributed by atoms with Crippen LogP contribution in [0.2, 0.25) is 0 Å². The number of benzene rings is 1. The molecule has 0 fully saturated rings. The minimum Gasteiger partial charge on any atom is -0.383 e. The van der Waals surface area contributed by atoms with Crippen LogP contribution in [-0.2, 0) is 22.6 Å². The Balaban J connectivity index is 1.51. The van der Waals surface area contributed by atoms with Gasteiger partial charge in [-0.3, -0.25) is 4.79 Å². The number of nitrogen functional groups attached to an aromatic ring is 1. The Morgan fingerprint density at radius 1 is 1.33 bits per heavy atom. The molecule has 4 rings (SSSR count). The van der Waals surface area contributed by atoms with E-state index in [1.807, 2.05) is 30.3 Å². The van der Waals surface area contributed by atoms with Crippen molar-refractivity contribution in [1.29, 1.82) is 0 Å². The number of nitrogens with one attached hydrogen (secondary N) is 1. The van der Waals surface area contributed by atoms with Crippen LogP contribution in [0.15, 0.2) is 35.5 Å². The third-order valence-electron chi connectivity index (χ3n) is 4.33. The van der Waals surface area contributed by atoms with Crippen molar-refractivity contribution in [1.82, 2.24) is 9.97 Å². The average Bonchev–Trinajstić information content (AvgIpc) is 2.98. The zero-order valence-electron chi connectivity index (χ0n) is 15.1. The summed E-state index contributed by atoms with van der Waals surface area (Å²) in [6.07, 6.45) is 0.794. The molecule has 0 bridgehead atoms. The Morgan fingerprint density at radius 2 is 2.11 bits per heavy atom. The van der Waals surface area contributed by atoms with E-state index in [1.165, 1.54) is 17.3 Å². The summed E-state index contributed by atoms with van der Waals surface area (Å²) in [5, 5.41) is 4.30. The summed E-state index contributed by atoms with van der Waals surface area (Å²) in [5.41, 5.74) is 8.00. The number of fused-ring (bicyclic) bond motifs is 3. The predicted octanol–water partition coefficient (Wildman–Crippen LogP) is 3.86. The molecular formula is C19H20N4O2S2. The molecule has 140 valence electrons. The smallest absolute Gasteiger partial charge is 0.234 e. The number of carbonyl (C=O) groups is 1. The number of hydrogen-bond donors (Lipinski definition) is 2. The van der Waals surface area contributed by atoms with Crippen LogP contribution in [0.1, 0.15) is 24.3 Å². The van der Waals surface area contributed by atoms with E-state index in [0.717, 1.165) is 27.2 Å². The average molecular weight is 401 g/mol. The van der Waals surface area contributed by atoms with Gasteiger partial charge in [-0.15, -0.1) is 11.3 Å². The van der Waals surface area contributed by atoms with Crippen molar-refractivity contribution < 1.29 is 9.53 Å². The Hall–Kier alpha value is -2.16. The second-order valence-corrected chi connectivity index (χ2v) is 9.03. The van der Waals surface area contributed by atoms with E-state index in [2.05, 4.69) is 29.1 Å². The molecule has 1 amide bonds. The summed E-state index contributed by atoms with van der Waals surface area (Å²) in [4.78, 5) is 23.2. The van der Waals surface area contributed by atoms with Crippen molar-refractivity contribution >= 4 is 50.7 Å². The molecule has 27 heavy (non-hydrogen) atoms. The number of rotatable bonds is 4. The van der Waals surface area contributed by atoms with Crippen molar-refractivity contribution in [2.75, 3.05) is 16.8 Å². The Labute approximate surface area is 165 Å². The minimum atomic E-state index is -0.212. The van der Waals surface area contributed by atoms with E-state index in [0.29, 0.717) is 17.6 Å². The molecule has 0 aliphatic carbocycles. The van der Waals surface area contributed by atoms with Crippen LogP contribution in [0, 0.1) is 0 Å². The normalized spacial score (nSPS) is 15.5. The number of nitrogens with zero attached hydrogens (tertiary/aromatic N) is 2. The SMILES string of the molecule is CC1(C)Cc2c(sc3nc(SCC(=O)Nc4ccccc4)nc(N)c23)CO1. The molecule has 0 radical (unpaired) electrons. The van der Waals surface area contributed by atoms with E-state index < -0.39 is 0 Å². The van der Waals surface area contributed by atoms with E-state index in [1.54, 1.807) is 11.3 Å². The Kier molecular flexibility index (Phi) is 4.79. The summed E-state index contributed by atoms with van der Waals surface area (Å²) < 4.78 is 5.89. The third kappa shape index (κ3) is 3.92. The second kappa shape index (κ2) is 7.10. The highest BCUT2D eigenvalue weighted by Crippen LogP contribution is 2.40. The molecule has 3 heterocycles. The maximum atomic E-state index is 12.1. The standard InChI is InChI=1S/C19H20N4O2S2/c1-19(2)8-12-13(9-25-19)27-17-15(12)16(20)22-18(23-17)26-10-14(24)21-11-6-4-3-5-7-11/h3-7H,8-10H2,1-2H3,(H,21,24)(H2,20,22,23). The number of amides is 1. The lowest BCUT2D eigenvalue weighted by atomic mass is 9.94. The maximum absolute atomic E-state index is 12.1. The summed E-state index contributed by atoms with van der Waals surface area (Å²) in [6.45, 7) is 4.73. The Morgan fingerprint density at radius 3 is 2.89 bits per heavy atom. The summed E-state index contributed by atoms with van der Waals surface area (Å²) in [6, 6.07) is 9.36. The number of anilines is 2. The molecule has 1 aliphatic heterocycles. The minimum absolute atomic E-state index is 0.103. The molecular weight excluding hydrogens is 380 g/mol. The molecule has 3 N–H and O–H groups in total. The highest BCUT2D eigenvalue weighted by molar-refractivity contribution is 7.99. The molecule has 0 saturated carbocycles. The second-order valence-electron chi connectivity index (χ2n) is 7.00. The molecule has 8 heteroatoms. The van der Waals surface area contributed by atoms with Crippen LogP contribution in [0.4, 0.5) is 11.5 Å². The van der Waals surface area contributed by atoms with Gasteiger partial charge < -0.3 is 15.8 Å². The monoisotopic (exact) mass is 400 g/mol. The van der Waals surface area contributed by atoms with Crippen LogP contribution in [-0.4, -0.2) is 27.2 Å². The first-order valence-corrected chi connectivity index (χ1v) is 10.4. The zero-order valence-corrected chi connectivity index (χ0v) is 16.7. The molecule has 0 unspecified atom stereocenters. The van der Waals surface area contributed by atoms with Gasteiger partial charge in [0.05, 0.1) is 23.3 Å². The number of hydrogen-bond acceptors (Lipinski definition) is 7. The summed E-state index contributed by atoms with van der Waals surface area (Å²) >= 11 is 2.88. The van der Waals surface area contributed by atoms with Crippen molar-refractivity contribution in [3.63, 3.8) is 0 Å². The van der Waals surface area contributed by atoms with Gasteiger partial charge in [0.2, 0.25) is 5.91 Å². The van der Waals surface area contributed by atoms with Gasteiger partial charge >= 0.3 is 0 Å². The molecule has 6 nitrogen and oxygen atoms in total.